The first-order valence-corrected chi connectivity index (χ1v) is 10.0. The van der Waals surface area contributed by atoms with Gasteiger partial charge in [-0.15, -0.1) is 0 Å². The van der Waals surface area contributed by atoms with Crippen molar-refractivity contribution >= 4 is 5.57 Å². The minimum absolute atomic E-state index is 0.0984. The average molecular weight is 370 g/mol. The molecule has 0 nitrogen and oxygen atoms in total. The monoisotopic (exact) mass is 370 g/mol. The van der Waals surface area contributed by atoms with Crippen molar-refractivity contribution in [1.82, 2.24) is 0 Å². The minimum atomic E-state index is -0.929. The van der Waals surface area contributed by atoms with Crippen LogP contribution in [0.4, 0.5) is 13.2 Å². The Hall–Kier alpha value is -2.03. The van der Waals surface area contributed by atoms with E-state index in [-0.39, 0.29) is 16.7 Å². The minimum Gasteiger partial charge on any atom is -0.206 e. The predicted molar refractivity (Wildman–Crippen MR) is 105 cm³/mol. The lowest BCUT2D eigenvalue weighted by molar-refractivity contribution is 0.427. The Morgan fingerprint density at radius 3 is 2.37 bits per heavy atom. The molecule has 0 heterocycles. The second kappa shape index (κ2) is 7.18. The maximum Gasteiger partial charge on any atom is 0.167 e. The van der Waals surface area contributed by atoms with Crippen molar-refractivity contribution in [1.29, 1.82) is 0 Å². The van der Waals surface area contributed by atoms with Gasteiger partial charge < -0.3 is 0 Å². The second-order valence-corrected chi connectivity index (χ2v) is 7.96. The highest BCUT2D eigenvalue weighted by Gasteiger charge is 2.33. The van der Waals surface area contributed by atoms with Gasteiger partial charge in [-0.1, -0.05) is 50.8 Å². The van der Waals surface area contributed by atoms with E-state index in [2.05, 4.69) is 13.0 Å². The molecule has 0 radical (unpaired) electrons. The van der Waals surface area contributed by atoms with Gasteiger partial charge in [-0.05, 0) is 60.4 Å². The Morgan fingerprint density at radius 2 is 1.67 bits per heavy atom. The van der Waals surface area contributed by atoms with E-state index in [0.29, 0.717) is 22.6 Å². The van der Waals surface area contributed by atoms with Crippen LogP contribution in [0, 0.1) is 30.3 Å². The summed E-state index contributed by atoms with van der Waals surface area (Å²) < 4.78 is 43.5. The average Bonchev–Trinajstić information content (AvgIpc) is 2.66. The summed E-state index contributed by atoms with van der Waals surface area (Å²) in [6.07, 6.45) is 10.1. The van der Waals surface area contributed by atoms with Gasteiger partial charge in [0, 0.05) is 16.7 Å². The van der Waals surface area contributed by atoms with Crippen molar-refractivity contribution in [2.45, 2.75) is 58.8 Å². The zero-order chi connectivity index (χ0) is 19.1. The molecular formula is C24H25F3. The van der Waals surface area contributed by atoms with Gasteiger partial charge in [0.1, 0.15) is 5.82 Å². The third kappa shape index (κ3) is 3.01. The molecule has 0 spiro atoms. The molecule has 0 saturated carbocycles. The number of aryl methyl sites for hydroxylation is 1. The Balaban J connectivity index is 1.61. The first-order valence-electron chi connectivity index (χ1n) is 10.0. The van der Waals surface area contributed by atoms with Crippen LogP contribution in [0.25, 0.3) is 27.8 Å². The molecule has 0 bridgehead atoms. The molecule has 2 aliphatic carbocycles. The van der Waals surface area contributed by atoms with Crippen molar-refractivity contribution in [3.05, 3.63) is 52.9 Å². The zero-order valence-corrected chi connectivity index (χ0v) is 16.0. The Morgan fingerprint density at radius 1 is 0.926 bits per heavy atom. The van der Waals surface area contributed by atoms with E-state index < -0.39 is 17.5 Å². The highest BCUT2D eigenvalue weighted by molar-refractivity contribution is 6.04. The summed E-state index contributed by atoms with van der Waals surface area (Å²) in [5.74, 6) is -1.53. The molecule has 3 heteroatoms. The molecule has 27 heavy (non-hydrogen) atoms. The maximum absolute atomic E-state index is 15.2. The van der Waals surface area contributed by atoms with E-state index in [1.54, 1.807) is 12.1 Å². The number of benzene rings is 2. The van der Waals surface area contributed by atoms with Crippen LogP contribution in [-0.4, -0.2) is 0 Å². The molecule has 1 unspecified atom stereocenters. The van der Waals surface area contributed by atoms with Crippen LogP contribution in [0.3, 0.4) is 0 Å². The summed E-state index contributed by atoms with van der Waals surface area (Å²) in [5, 5.41) is 0. The van der Waals surface area contributed by atoms with Crippen LogP contribution >= 0.6 is 0 Å². The van der Waals surface area contributed by atoms with Crippen LogP contribution in [0.15, 0.2) is 24.3 Å². The fourth-order valence-electron chi connectivity index (χ4n) is 4.52. The molecule has 0 amide bonds. The number of rotatable bonds is 5. The van der Waals surface area contributed by atoms with Crippen LogP contribution < -0.4 is 0 Å². The smallest absolute Gasteiger partial charge is 0.167 e. The van der Waals surface area contributed by atoms with Crippen molar-refractivity contribution < 1.29 is 13.2 Å². The Kier molecular flexibility index (Phi) is 4.88. The highest BCUT2D eigenvalue weighted by Crippen LogP contribution is 2.52. The van der Waals surface area contributed by atoms with Crippen LogP contribution in [0.5, 0.6) is 0 Å². The number of fused-ring (bicyclic) bond motifs is 4. The molecule has 142 valence electrons. The normalized spacial score (nSPS) is 17.8. The van der Waals surface area contributed by atoms with Gasteiger partial charge in [0.2, 0.25) is 0 Å². The molecule has 0 aliphatic heterocycles. The van der Waals surface area contributed by atoms with Gasteiger partial charge in [0.05, 0.1) is 0 Å². The number of halogens is 3. The molecule has 4 rings (SSSR count). The topological polar surface area (TPSA) is 0 Å². The number of allylic oxidation sites excluding steroid dienone is 2. The van der Waals surface area contributed by atoms with Crippen LogP contribution in [0.1, 0.15) is 63.0 Å². The third-order valence-corrected chi connectivity index (χ3v) is 6.15. The van der Waals surface area contributed by atoms with E-state index in [1.807, 2.05) is 6.07 Å². The van der Waals surface area contributed by atoms with E-state index >= 15 is 4.39 Å². The maximum atomic E-state index is 15.2. The molecule has 0 fully saturated rings. The fraction of sp³-hybridized carbons (Fsp3) is 0.417. The summed E-state index contributed by atoms with van der Waals surface area (Å²) in [5.41, 5.74) is 3.44. The zero-order valence-electron chi connectivity index (χ0n) is 16.0. The molecule has 0 aromatic heterocycles. The van der Waals surface area contributed by atoms with E-state index in [0.717, 1.165) is 24.8 Å². The largest absolute Gasteiger partial charge is 0.206 e. The molecule has 2 aromatic rings. The Bertz CT molecular complexity index is 924. The van der Waals surface area contributed by atoms with Gasteiger partial charge in [-0.3, -0.25) is 0 Å². The number of hydrogen-bond acceptors (Lipinski definition) is 0. The first kappa shape index (κ1) is 18.3. The lowest BCUT2D eigenvalue weighted by Gasteiger charge is -2.28. The predicted octanol–water partition coefficient (Wildman–Crippen LogP) is 7.82. The molecular weight excluding hydrogens is 345 g/mol. The van der Waals surface area contributed by atoms with Crippen LogP contribution in [0.2, 0.25) is 0 Å². The van der Waals surface area contributed by atoms with Gasteiger partial charge in [0.15, 0.2) is 11.6 Å². The summed E-state index contributed by atoms with van der Waals surface area (Å²) in [4.78, 5) is 0. The summed E-state index contributed by atoms with van der Waals surface area (Å²) in [6.45, 7) is 3.74. The summed E-state index contributed by atoms with van der Waals surface area (Å²) in [7, 11) is 0. The molecule has 0 N–H and O–H groups in total. The van der Waals surface area contributed by atoms with Crippen molar-refractivity contribution in [3.8, 4) is 22.3 Å². The SMILES string of the molecule is CCCCCC1CC=C(c2ccc3c(c2F)-c2c-3cc(C)c(F)c2F)CC1. The number of unbranched alkanes of at least 4 members (excludes halogenated alkanes) is 2. The second-order valence-electron chi connectivity index (χ2n) is 7.96. The van der Waals surface area contributed by atoms with E-state index in [1.165, 1.54) is 32.6 Å². The first-order chi connectivity index (χ1) is 13.0. The van der Waals surface area contributed by atoms with Gasteiger partial charge >= 0.3 is 0 Å². The van der Waals surface area contributed by atoms with E-state index in [9.17, 15) is 8.78 Å². The van der Waals surface area contributed by atoms with E-state index in [4.69, 9.17) is 0 Å². The molecule has 2 aliphatic rings. The molecule has 1 atom stereocenters. The van der Waals surface area contributed by atoms with Crippen molar-refractivity contribution in [2.24, 2.45) is 5.92 Å². The Labute approximate surface area is 159 Å². The summed E-state index contributed by atoms with van der Waals surface area (Å²) in [6, 6.07) is 5.26. The molecule has 0 saturated heterocycles. The number of hydrogen-bond donors (Lipinski definition) is 0. The fourth-order valence-corrected chi connectivity index (χ4v) is 4.52. The van der Waals surface area contributed by atoms with Crippen molar-refractivity contribution in [3.63, 3.8) is 0 Å². The van der Waals surface area contributed by atoms with Gasteiger partial charge in [0.25, 0.3) is 0 Å². The highest BCUT2D eigenvalue weighted by atomic mass is 19.2. The van der Waals surface area contributed by atoms with Crippen molar-refractivity contribution in [2.75, 3.05) is 0 Å². The molecule has 2 aromatic carbocycles. The summed E-state index contributed by atoms with van der Waals surface area (Å²) >= 11 is 0. The lowest BCUT2D eigenvalue weighted by atomic mass is 9.76. The van der Waals surface area contributed by atoms with Gasteiger partial charge in [-0.25, -0.2) is 13.2 Å². The van der Waals surface area contributed by atoms with Gasteiger partial charge in [-0.2, -0.15) is 0 Å². The third-order valence-electron chi connectivity index (χ3n) is 6.15. The quantitative estimate of drug-likeness (QED) is 0.402. The lowest BCUT2D eigenvalue weighted by Crippen LogP contribution is -2.11. The standard InChI is InChI=1S/C24H25F3/c1-3-4-5-6-15-7-9-16(10-8-15)17-11-12-18-19-13-14(2)22(25)24(27)21(19)20(18)23(17)26/h9,11-13,15H,3-8,10H2,1-2H3. The van der Waals surface area contributed by atoms with Crippen LogP contribution in [-0.2, 0) is 0 Å².